The van der Waals surface area contributed by atoms with E-state index in [0.29, 0.717) is 5.82 Å². The topological polar surface area (TPSA) is 38.7 Å². The number of aryl methyl sites for hydroxylation is 1. The first-order chi connectivity index (χ1) is 7.58. The lowest BCUT2D eigenvalue weighted by atomic mass is 10.1. The van der Waals surface area contributed by atoms with E-state index >= 15 is 0 Å². The fraction of sp³-hybridized carbons (Fsp3) is 0.100. The first-order valence-electron chi connectivity index (χ1n) is 4.40. The summed E-state index contributed by atoms with van der Waals surface area (Å²) < 4.78 is 14.3. The number of benzene rings is 1. The van der Waals surface area contributed by atoms with Gasteiger partial charge in [0, 0.05) is 10.0 Å². The van der Waals surface area contributed by atoms with Crippen LogP contribution < -0.4 is 0 Å². The summed E-state index contributed by atoms with van der Waals surface area (Å²) in [6.07, 6.45) is 0. The molecule has 0 bridgehead atoms. The normalized spacial score (nSPS) is 10.5. The first-order valence-corrected chi connectivity index (χ1v) is 5.57. The molecular weight excluding hydrogens is 296 g/mol. The van der Waals surface area contributed by atoms with Crippen molar-refractivity contribution >= 4 is 27.5 Å². The van der Waals surface area contributed by atoms with E-state index in [1.54, 1.807) is 19.1 Å². The van der Waals surface area contributed by atoms with Gasteiger partial charge in [-0.2, -0.15) is 0 Å². The number of halogens is 3. The van der Waals surface area contributed by atoms with Crippen LogP contribution in [0.4, 0.5) is 4.39 Å². The van der Waals surface area contributed by atoms with Gasteiger partial charge in [-0.15, -0.1) is 10.2 Å². The van der Waals surface area contributed by atoms with Crippen LogP contribution in [0, 0.1) is 12.7 Å². The van der Waals surface area contributed by atoms with Crippen molar-refractivity contribution in [1.82, 2.24) is 15.2 Å². The molecule has 0 aliphatic rings. The second kappa shape index (κ2) is 4.43. The molecule has 1 heterocycles. The zero-order valence-corrected chi connectivity index (χ0v) is 10.5. The summed E-state index contributed by atoms with van der Waals surface area (Å²) in [5, 5.41) is 7.75. The van der Waals surface area contributed by atoms with E-state index in [2.05, 4.69) is 31.1 Å². The first kappa shape index (κ1) is 11.4. The van der Waals surface area contributed by atoms with Gasteiger partial charge in [-0.1, -0.05) is 27.5 Å². The van der Waals surface area contributed by atoms with Gasteiger partial charge in [0.25, 0.3) is 0 Å². The summed E-state index contributed by atoms with van der Waals surface area (Å²) in [6, 6.07) is 4.52. The smallest absolute Gasteiger partial charge is 0.159 e. The molecular formula is C10H6BrClFN3. The molecule has 0 amide bonds. The van der Waals surface area contributed by atoms with Gasteiger partial charge in [-0.05, 0) is 25.1 Å². The minimum absolute atomic E-state index is 0.143. The van der Waals surface area contributed by atoms with Crippen molar-refractivity contribution in [3.63, 3.8) is 0 Å². The molecule has 0 saturated carbocycles. The van der Waals surface area contributed by atoms with Crippen LogP contribution in [-0.2, 0) is 0 Å². The van der Waals surface area contributed by atoms with E-state index in [4.69, 9.17) is 11.6 Å². The minimum atomic E-state index is -0.412. The fourth-order valence-electron chi connectivity index (χ4n) is 1.22. The lowest BCUT2D eigenvalue weighted by molar-refractivity contribution is 0.629. The molecule has 3 nitrogen and oxygen atoms in total. The SMILES string of the molecule is Cc1nnc(-c2cc(Br)ccc2F)c(Cl)n1. The summed E-state index contributed by atoms with van der Waals surface area (Å²) in [5.41, 5.74) is 0.519. The van der Waals surface area contributed by atoms with Crippen LogP contribution in [-0.4, -0.2) is 15.2 Å². The third-order valence-electron chi connectivity index (χ3n) is 1.93. The van der Waals surface area contributed by atoms with E-state index in [9.17, 15) is 4.39 Å². The molecule has 0 N–H and O–H groups in total. The molecule has 0 fully saturated rings. The van der Waals surface area contributed by atoms with Crippen molar-refractivity contribution in [1.29, 1.82) is 0 Å². The Balaban J connectivity index is 2.62. The molecule has 0 spiro atoms. The third-order valence-corrected chi connectivity index (χ3v) is 2.69. The lowest BCUT2D eigenvalue weighted by Crippen LogP contribution is -1.97. The molecule has 0 aliphatic carbocycles. The van der Waals surface area contributed by atoms with Gasteiger partial charge in [-0.3, -0.25) is 0 Å². The molecule has 0 atom stereocenters. The summed E-state index contributed by atoms with van der Waals surface area (Å²) in [6.45, 7) is 1.67. The van der Waals surface area contributed by atoms with Crippen LogP contribution in [0.2, 0.25) is 5.15 Å². The van der Waals surface area contributed by atoms with E-state index in [1.165, 1.54) is 6.07 Å². The highest BCUT2D eigenvalue weighted by molar-refractivity contribution is 9.10. The van der Waals surface area contributed by atoms with E-state index in [0.717, 1.165) is 4.47 Å². The van der Waals surface area contributed by atoms with Crippen LogP contribution in [0.5, 0.6) is 0 Å². The molecule has 0 unspecified atom stereocenters. The average Bonchev–Trinajstić information content (AvgIpc) is 2.22. The zero-order chi connectivity index (χ0) is 11.7. The molecule has 0 radical (unpaired) electrons. The highest BCUT2D eigenvalue weighted by Crippen LogP contribution is 2.28. The summed E-state index contributed by atoms with van der Waals surface area (Å²) in [5.74, 6) is 0.0363. The number of rotatable bonds is 1. The zero-order valence-electron chi connectivity index (χ0n) is 8.21. The van der Waals surface area contributed by atoms with Crippen LogP contribution in [0.15, 0.2) is 22.7 Å². The maximum absolute atomic E-state index is 13.6. The largest absolute Gasteiger partial charge is 0.217 e. The van der Waals surface area contributed by atoms with Gasteiger partial charge >= 0.3 is 0 Å². The van der Waals surface area contributed by atoms with Crippen LogP contribution >= 0.6 is 27.5 Å². The minimum Gasteiger partial charge on any atom is -0.217 e. The Labute approximate surface area is 105 Å². The molecule has 16 heavy (non-hydrogen) atoms. The lowest BCUT2D eigenvalue weighted by Gasteiger charge is -2.04. The quantitative estimate of drug-likeness (QED) is 0.810. The predicted octanol–water partition coefficient (Wildman–Crippen LogP) is 3.40. The fourth-order valence-corrected chi connectivity index (χ4v) is 1.85. The monoisotopic (exact) mass is 301 g/mol. The molecule has 0 saturated heterocycles. The van der Waals surface area contributed by atoms with Gasteiger partial charge in [0.15, 0.2) is 5.15 Å². The number of nitrogens with zero attached hydrogens (tertiary/aromatic N) is 3. The number of aromatic nitrogens is 3. The average molecular weight is 303 g/mol. The van der Waals surface area contributed by atoms with Gasteiger partial charge in [0.05, 0.1) is 0 Å². The third kappa shape index (κ3) is 2.20. The van der Waals surface area contributed by atoms with Gasteiger partial charge < -0.3 is 0 Å². The Bertz CT molecular complexity index is 548. The van der Waals surface area contributed by atoms with Gasteiger partial charge in [0.2, 0.25) is 0 Å². The van der Waals surface area contributed by atoms with Crippen LogP contribution in [0.1, 0.15) is 5.82 Å². The number of hydrogen-bond donors (Lipinski definition) is 0. The van der Waals surface area contributed by atoms with Crippen molar-refractivity contribution < 1.29 is 4.39 Å². The Morgan fingerprint density at radius 3 is 2.75 bits per heavy atom. The Morgan fingerprint density at radius 1 is 1.31 bits per heavy atom. The Kier molecular flexibility index (Phi) is 3.16. The maximum atomic E-state index is 13.6. The van der Waals surface area contributed by atoms with Crippen molar-refractivity contribution in [3.8, 4) is 11.3 Å². The molecule has 2 aromatic rings. The van der Waals surface area contributed by atoms with Crippen molar-refractivity contribution in [2.75, 3.05) is 0 Å². The van der Waals surface area contributed by atoms with Crippen molar-refractivity contribution in [3.05, 3.63) is 39.5 Å². The van der Waals surface area contributed by atoms with Crippen molar-refractivity contribution in [2.24, 2.45) is 0 Å². The Hall–Kier alpha value is -1.07. The highest BCUT2D eigenvalue weighted by atomic mass is 79.9. The van der Waals surface area contributed by atoms with E-state index in [-0.39, 0.29) is 16.4 Å². The van der Waals surface area contributed by atoms with Crippen LogP contribution in [0.25, 0.3) is 11.3 Å². The standard InChI is InChI=1S/C10H6BrClFN3/c1-5-14-10(12)9(16-15-5)7-4-6(11)2-3-8(7)13/h2-4H,1H3. The van der Waals surface area contributed by atoms with Gasteiger partial charge in [-0.25, -0.2) is 9.37 Å². The van der Waals surface area contributed by atoms with Crippen molar-refractivity contribution in [2.45, 2.75) is 6.92 Å². The number of hydrogen-bond acceptors (Lipinski definition) is 3. The maximum Gasteiger partial charge on any atom is 0.159 e. The molecule has 1 aromatic carbocycles. The predicted molar refractivity (Wildman–Crippen MR) is 62.7 cm³/mol. The molecule has 2 rings (SSSR count). The molecule has 1 aromatic heterocycles. The second-order valence-corrected chi connectivity index (χ2v) is 4.40. The summed E-state index contributed by atoms with van der Waals surface area (Å²) >= 11 is 9.15. The van der Waals surface area contributed by atoms with E-state index < -0.39 is 5.82 Å². The van der Waals surface area contributed by atoms with Crippen LogP contribution in [0.3, 0.4) is 0 Å². The summed E-state index contributed by atoms with van der Waals surface area (Å²) in [7, 11) is 0. The van der Waals surface area contributed by atoms with E-state index in [1.807, 2.05) is 0 Å². The second-order valence-electron chi connectivity index (χ2n) is 3.12. The Morgan fingerprint density at radius 2 is 2.06 bits per heavy atom. The summed E-state index contributed by atoms with van der Waals surface area (Å²) in [4.78, 5) is 3.93. The highest BCUT2D eigenvalue weighted by Gasteiger charge is 2.13. The van der Waals surface area contributed by atoms with Gasteiger partial charge in [0.1, 0.15) is 17.3 Å². The molecule has 0 aliphatic heterocycles. The molecule has 6 heteroatoms. The molecule has 82 valence electrons.